The van der Waals surface area contributed by atoms with E-state index in [2.05, 4.69) is 15.5 Å². The van der Waals surface area contributed by atoms with E-state index >= 15 is 0 Å². The normalized spacial score (nSPS) is 10.3. The molecule has 0 spiro atoms. The second-order valence-corrected chi connectivity index (χ2v) is 5.78. The number of rotatable bonds is 5. The highest BCUT2D eigenvalue weighted by Crippen LogP contribution is 2.15. The number of nitrogens with zero attached hydrogens (tertiary/aromatic N) is 4. The lowest BCUT2D eigenvalue weighted by molar-refractivity contribution is -0.113. The van der Waals surface area contributed by atoms with E-state index < -0.39 is 0 Å². The minimum Gasteiger partial charge on any atom is -0.345 e. The van der Waals surface area contributed by atoms with Crippen molar-refractivity contribution in [3.05, 3.63) is 36.2 Å². The molecule has 0 bridgehead atoms. The van der Waals surface area contributed by atoms with E-state index in [1.807, 2.05) is 7.05 Å². The summed E-state index contributed by atoms with van der Waals surface area (Å²) in [5.41, 5.74) is 1.23. The Bertz CT molecular complexity index is 666. The van der Waals surface area contributed by atoms with Gasteiger partial charge >= 0.3 is 0 Å². The van der Waals surface area contributed by atoms with Crippen LogP contribution in [-0.2, 0) is 11.8 Å². The summed E-state index contributed by atoms with van der Waals surface area (Å²) in [6, 6.07) is 6.80. The molecule has 0 aliphatic rings. The summed E-state index contributed by atoms with van der Waals surface area (Å²) in [6.45, 7) is 0. The van der Waals surface area contributed by atoms with Gasteiger partial charge in [0.25, 0.3) is 5.91 Å². The van der Waals surface area contributed by atoms with Crippen LogP contribution in [0, 0.1) is 0 Å². The van der Waals surface area contributed by atoms with Crippen molar-refractivity contribution >= 4 is 29.3 Å². The predicted molar refractivity (Wildman–Crippen MR) is 84.8 cm³/mol. The van der Waals surface area contributed by atoms with Crippen LogP contribution in [0.2, 0.25) is 0 Å². The predicted octanol–water partition coefficient (Wildman–Crippen LogP) is 1.25. The van der Waals surface area contributed by atoms with E-state index in [0.717, 1.165) is 0 Å². The average Bonchev–Trinajstić information content (AvgIpc) is 2.90. The van der Waals surface area contributed by atoms with E-state index in [9.17, 15) is 9.59 Å². The van der Waals surface area contributed by atoms with Crippen LogP contribution < -0.4 is 5.32 Å². The Hall–Kier alpha value is -2.35. The largest absolute Gasteiger partial charge is 0.345 e. The van der Waals surface area contributed by atoms with Gasteiger partial charge in [-0.15, -0.1) is 10.2 Å². The van der Waals surface area contributed by atoms with Gasteiger partial charge in [0.2, 0.25) is 5.91 Å². The van der Waals surface area contributed by atoms with Crippen LogP contribution in [0.1, 0.15) is 10.4 Å². The average molecular weight is 319 g/mol. The number of carbonyl (C=O) groups is 2. The van der Waals surface area contributed by atoms with Crippen molar-refractivity contribution in [1.82, 2.24) is 19.7 Å². The number of aromatic nitrogens is 3. The maximum absolute atomic E-state index is 11.9. The van der Waals surface area contributed by atoms with Crippen LogP contribution in [0.3, 0.4) is 0 Å². The van der Waals surface area contributed by atoms with Crippen LogP contribution in [0.25, 0.3) is 0 Å². The number of amides is 2. The maximum atomic E-state index is 11.9. The van der Waals surface area contributed by atoms with Crippen LogP contribution in [-0.4, -0.2) is 51.3 Å². The molecule has 0 radical (unpaired) electrons. The Kier molecular flexibility index (Phi) is 5.16. The molecule has 0 aliphatic heterocycles. The van der Waals surface area contributed by atoms with Crippen molar-refractivity contribution in [3.8, 4) is 0 Å². The lowest BCUT2D eigenvalue weighted by Crippen LogP contribution is -2.21. The second-order valence-electron chi connectivity index (χ2n) is 4.84. The summed E-state index contributed by atoms with van der Waals surface area (Å²) in [6.07, 6.45) is 1.58. The molecule has 7 nitrogen and oxygen atoms in total. The molecular formula is C14H17N5O2S. The lowest BCUT2D eigenvalue weighted by Gasteiger charge is -2.11. The Labute approximate surface area is 132 Å². The molecule has 1 heterocycles. The minimum absolute atomic E-state index is 0.0734. The Balaban J connectivity index is 1.89. The van der Waals surface area contributed by atoms with Crippen LogP contribution >= 0.6 is 11.8 Å². The molecule has 22 heavy (non-hydrogen) atoms. The zero-order valence-electron chi connectivity index (χ0n) is 12.6. The van der Waals surface area contributed by atoms with Crippen LogP contribution in [0.15, 0.2) is 35.7 Å². The van der Waals surface area contributed by atoms with E-state index in [1.165, 1.54) is 16.7 Å². The standard InChI is InChI=1S/C14H17N5O2S/c1-18(2)13(21)10-4-6-11(7-5-10)16-12(20)8-22-14-17-15-9-19(14)3/h4-7,9H,8H2,1-3H3,(H,16,20). The van der Waals surface area contributed by atoms with Crippen molar-refractivity contribution in [2.24, 2.45) is 7.05 Å². The number of thioether (sulfide) groups is 1. The van der Waals surface area contributed by atoms with Crippen molar-refractivity contribution < 1.29 is 9.59 Å². The summed E-state index contributed by atoms with van der Waals surface area (Å²) in [4.78, 5) is 25.2. The molecule has 2 rings (SSSR count). The van der Waals surface area contributed by atoms with Gasteiger partial charge in [-0.3, -0.25) is 9.59 Å². The molecule has 1 aromatic heterocycles. The number of nitrogens with one attached hydrogen (secondary N) is 1. The first-order valence-corrected chi connectivity index (χ1v) is 7.54. The fourth-order valence-electron chi connectivity index (χ4n) is 1.68. The third-order valence-corrected chi connectivity index (χ3v) is 3.86. The van der Waals surface area contributed by atoms with Crippen molar-refractivity contribution in [2.45, 2.75) is 5.16 Å². The van der Waals surface area contributed by atoms with E-state index in [1.54, 1.807) is 49.3 Å². The highest BCUT2D eigenvalue weighted by atomic mass is 32.2. The molecule has 0 aliphatic carbocycles. The first-order chi connectivity index (χ1) is 10.5. The number of anilines is 1. The van der Waals surface area contributed by atoms with E-state index in [-0.39, 0.29) is 17.6 Å². The summed E-state index contributed by atoms with van der Waals surface area (Å²) in [5.74, 6) is 0.0284. The Morgan fingerprint density at radius 2 is 1.95 bits per heavy atom. The summed E-state index contributed by atoms with van der Waals surface area (Å²) in [5, 5.41) is 11.1. The van der Waals surface area contributed by atoms with E-state index in [0.29, 0.717) is 16.4 Å². The number of hydrogen-bond acceptors (Lipinski definition) is 5. The van der Waals surface area contributed by atoms with Crippen LogP contribution in [0.5, 0.6) is 0 Å². The molecule has 0 saturated carbocycles. The minimum atomic E-state index is -0.139. The Morgan fingerprint density at radius 3 is 2.50 bits per heavy atom. The third kappa shape index (κ3) is 4.08. The monoisotopic (exact) mass is 319 g/mol. The highest BCUT2D eigenvalue weighted by molar-refractivity contribution is 7.99. The molecular weight excluding hydrogens is 302 g/mol. The van der Waals surface area contributed by atoms with Gasteiger partial charge in [0.15, 0.2) is 5.16 Å². The topological polar surface area (TPSA) is 80.1 Å². The molecule has 0 atom stereocenters. The van der Waals surface area contributed by atoms with Gasteiger partial charge in [-0.2, -0.15) is 0 Å². The fourth-order valence-corrected chi connectivity index (χ4v) is 2.37. The molecule has 2 aromatic rings. The van der Waals surface area contributed by atoms with Gasteiger partial charge in [0.05, 0.1) is 5.75 Å². The summed E-state index contributed by atoms with van der Waals surface area (Å²) in [7, 11) is 5.21. The van der Waals surface area contributed by atoms with Crippen molar-refractivity contribution in [3.63, 3.8) is 0 Å². The summed E-state index contributed by atoms with van der Waals surface area (Å²) < 4.78 is 1.75. The van der Waals surface area contributed by atoms with Crippen molar-refractivity contribution in [2.75, 3.05) is 25.2 Å². The maximum Gasteiger partial charge on any atom is 0.253 e. The van der Waals surface area contributed by atoms with Gasteiger partial charge in [0, 0.05) is 32.4 Å². The molecule has 1 N–H and O–H groups in total. The van der Waals surface area contributed by atoms with Gasteiger partial charge in [0.1, 0.15) is 6.33 Å². The molecule has 0 saturated heterocycles. The van der Waals surface area contributed by atoms with Gasteiger partial charge < -0.3 is 14.8 Å². The lowest BCUT2D eigenvalue weighted by atomic mass is 10.2. The number of carbonyl (C=O) groups excluding carboxylic acids is 2. The molecule has 8 heteroatoms. The molecule has 2 amide bonds. The molecule has 0 fully saturated rings. The second kappa shape index (κ2) is 7.08. The van der Waals surface area contributed by atoms with Gasteiger partial charge in [-0.25, -0.2) is 0 Å². The zero-order chi connectivity index (χ0) is 16.1. The molecule has 116 valence electrons. The van der Waals surface area contributed by atoms with Gasteiger partial charge in [-0.05, 0) is 24.3 Å². The third-order valence-electron chi connectivity index (χ3n) is 2.82. The Morgan fingerprint density at radius 1 is 1.27 bits per heavy atom. The molecule has 1 aromatic carbocycles. The highest BCUT2D eigenvalue weighted by Gasteiger charge is 2.09. The first kappa shape index (κ1) is 16.0. The summed E-state index contributed by atoms with van der Waals surface area (Å²) >= 11 is 1.31. The SMILES string of the molecule is CN(C)C(=O)c1ccc(NC(=O)CSc2nncn2C)cc1. The fraction of sp³-hybridized carbons (Fsp3) is 0.286. The first-order valence-electron chi connectivity index (χ1n) is 6.55. The zero-order valence-corrected chi connectivity index (χ0v) is 13.4. The quantitative estimate of drug-likeness (QED) is 0.839. The van der Waals surface area contributed by atoms with Gasteiger partial charge in [-0.1, -0.05) is 11.8 Å². The van der Waals surface area contributed by atoms with E-state index in [4.69, 9.17) is 0 Å². The number of benzene rings is 1. The van der Waals surface area contributed by atoms with Crippen LogP contribution in [0.4, 0.5) is 5.69 Å². The smallest absolute Gasteiger partial charge is 0.253 e. The number of aryl methyl sites for hydroxylation is 1. The number of hydrogen-bond donors (Lipinski definition) is 1. The van der Waals surface area contributed by atoms with Crippen molar-refractivity contribution in [1.29, 1.82) is 0 Å². The molecule has 0 unspecified atom stereocenters.